The summed E-state index contributed by atoms with van der Waals surface area (Å²) in [6, 6.07) is 7.97. The van der Waals surface area contributed by atoms with Gasteiger partial charge in [0.25, 0.3) is 0 Å². The number of carbonyl (C=O) groups excluding carboxylic acids is 1. The first-order valence-corrected chi connectivity index (χ1v) is 7.29. The molecule has 1 heterocycles. The van der Waals surface area contributed by atoms with Gasteiger partial charge in [0.2, 0.25) is 5.91 Å². The van der Waals surface area contributed by atoms with Crippen LogP contribution in [0.4, 0.5) is 0 Å². The Kier molecular flexibility index (Phi) is 5.41. The maximum atomic E-state index is 12.0. The fourth-order valence-corrected chi connectivity index (χ4v) is 2.35. The van der Waals surface area contributed by atoms with Crippen LogP contribution >= 0.6 is 0 Å². The fourth-order valence-electron chi connectivity index (χ4n) is 2.35. The van der Waals surface area contributed by atoms with Crippen LogP contribution in [0.15, 0.2) is 24.3 Å². The van der Waals surface area contributed by atoms with Gasteiger partial charge in [-0.2, -0.15) is 0 Å². The standard InChI is InChI=1S/C16H24N2O2/c1-13-3-5-15(6-4-13)20-10-9-18(2)16(19)11-14-7-8-17-12-14/h3-6,14,17H,7-12H2,1-2H3. The normalized spacial score (nSPS) is 18.0. The highest BCUT2D eigenvalue weighted by atomic mass is 16.5. The summed E-state index contributed by atoms with van der Waals surface area (Å²) in [5, 5.41) is 3.29. The van der Waals surface area contributed by atoms with Crippen molar-refractivity contribution >= 4 is 5.91 Å². The third-order valence-electron chi connectivity index (χ3n) is 3.77. The number of ether oxygens (including phenoxy) is 1. The second-order valence-electron chi connectivity index (χ2n) is 5.54. The quantitative estimate of drug-likeness (QED) is 0.862. The van der Waals surface area contributed by atoms with Gasteiger partial charge in [0.15, 0.2) is 0 Å². The molecule has 20 heavy (non-hydrogen) atoms. The summed E-state index contributed by atoms with van der Waals surface area (Å²) < 4.78 is 5.65. The summed E-state index contributed by atoms with van der Waals surface area (Å²) in [6.45, 7) is 5.23. The van der Waals surface area contributed by atoms with Gasteiger partial charge in [-0.15, -0.1) is 0 Å². The Bertz CT molecular complexity index is 425. The van der Waals surface area contributed by atoms with Crippen molar-refractivity contribution in [2.45, 2.75) is 19.8 Å². The predicted octanol–water partition coefficient (Wildman–Crippen LogP) is 1.83. The lowest BCUT2D eigenvalue weighted by Gasteiger charge is -2.19. The van der Waals surface area contributed by atoms with Crippen molar-refractivity contribution in [2.24, 2.45) is 5.92 Å². The average Bonchev–Trinajstić information content (AvgIpc) is 2.93. The zero-order chi connectivity index (χ0) is 14.4. The maximum absolute atomic E-state index is 12.0. The Morgan fingerprint density at radius 1 is 1.40 bits per heavy atom. The Morgan fingerprint density at radius 2 is 2.15 bits per heavy atom. The van der Waals surface area contributed by atoms with Crippen LogP contribution in [0.25, 0.3) is 0 Å². The zero-order valence-electron chi connectivity index (χ0n) is 12.4. The molecule has 0 aromatic heterocycles. The molecule has 1 aromatic rings. The Balaban J connectivity index is 1.67. The van der Waals surface area contributed by atoms with E-state index in [9.17, 15) is 4.79 Å². The van der Waals surface area contributed by atoms with Gasteiger partial charge in [0.1, 0.15) is 12.4 Å². The minimum absolute atomic E-state index is 0.214. The van der Waals surface area contributed by atoms with E-state index in [0.717, 1.165) is 25.3 Å². The lowest BCUT2D eigenvalue weighted by Crippen LogP contribution is -2.32. The van der Waals surface area contributed by atoms with Gasteiger partial charge in [-0.1, -0.05) is 17.7 Å². The fraction of sp³-hybridized carbons (Fsp3) is 0.562. The molecular weight excluding hydrogens is 252 g/mol. The topological polar surface area (TPSA) is 41.6 Å². The van der Waals surface area contributed by atoms with E-state index in [1.807, 2.05) is 38.2 Å². The van der Waals surface area contributed by atoms with Crippen LogP contribution in [-0.4, -0.2) is 44.1 Å². The van der Waals surface area contributed by atoms with E-state index in [4.69, 9.17) is 4.74 Å². The number of likely N-dealkylation sites (N-methyl/N-ethyl adjacent to an activating group) is 1. The summed E-state index contributed by atoms with van der Waals surface area (Å²) in [6.07, 6.45) is 1.76. The molecule has 1 unspecified atom stereocenters. The van der Waals surface area contributed by atoms with Crippen LogP contribution in [0.5, 0.6) is 5.75 Å². The Morgan fingerprint density at radius 3 is 2.80 bits per heavy atom. The largest absolute Gasteiger partial charge is 0.492 e. The average molecular weight is 276 g/mol. The van der Waals surface area contributed by atoms with Gasteiger partial charge in [0, 0.05) is 13.5 Å². The number of hydrogen-bond acceptors (Lipinski definition) is 3. The molecule has 0 radical (unpaired) electrons. The highest BCUT2D eigenvalue weighted by Gasteiger charge is 2.19. The molecule has 1 aromatic carbocycles. The van der Waals surface area contributed by atoms with E-state index in [0.29, 0.717) is 25.5 Å². The summed E-state index contributed by atoms with van der Waals surface area (Å²) in [5.41, 5.74) is 1.22. The monoisotopic (exact) mass is 276 g/mol. The molecule has 1 fully saturated rings. The Hall–Kier alpha value is -1.55. The van der Waals surface area contributed by atoms with Crippen LogP contribution in [0, 0.1) is 12.8 Å². The van der Waals surface area contributed by atoms with Gasteiger partial charge in [-0.25, -0.2) is 0 Å². The van der Waals surface area contributed by atoms with Gasteiger partial charge in [-0.3, -0.25) is 4.79 Å². The van der Waals surface area contributed by atoms with E-state index in [1.165, 1.54) is 5.56 Å². The maximum Gasteiger partial charge on any atom is 0.222 e. The van der Waals surface area contributed by atoms with Crippen LogP contribution in [0.3, 0.4) is 0 Å². The van der Waals surface area contributed by atoms with Gasteiger partial charge in [-0.05, 0) is 44.5 Å². The first kappa shape index (κ1) is 14.9. The summed E-state index contributed by atoms with van der Waals surface area (Å²) in [7, 11) is 1.85. The molecule has 0 spiro atoms. The number of hydrogen-bond donors (Lipinski definition) is 1. The molecular formula is C16H24N2O2. The van der Waals surface area contributed by atoms with Crippen molar-refractivity contribution in [3.63, 3.8) is 0 Å². The van der Waals surface area contributed by atoms with E-state index >= 15 is 0 Å². The number of nitrogens with zero attached hydrogens (tertiary/aromatic N) is 1. The number of nitrogens with one attached hydrogen (secondary N) is 1. The molecule has 0 saturated carbocycles. The molecule has 1 amide bonds. The van der Waals surface area contributed by atoms with Crippen LogP contribution < -0.4 is 10.1 Å². The molecule has 1 atom stereocenters. The van der Waals surface area contributed by atoms with Gasteiger partial charge in [0.05, 0.1) is 6.54 Å². The first-order valence-electron chi connectivity index (χ1n) is 7.29. The smallest absolute Gasteiger partial charge is 0.222 e. The SMILES string of the molecule is Cc1ccc(OCCN(C)C(=O)CC2CCNC2)cc1. The molecule has 2 rings (SSSR count). The third-order valence-corrected chi connectivity index (χ3v) is 3.77. The molecule has 1 aliphatic rings. The first-order chi connectivity index (χ1) is 9.65. The van der Waals surface area contributed by atoms with Crippen LogP contribution in [0.1, 0.15) is 18.4 Å². The molecule has 4 nitrogen and oxygen atoms in total. The lowest BCUT2D eigenvalue weighted by molar-refractivity contribution is -0.131. The number of amides is 1. The van der Waals surface area contributed by atoms with E-state index in [-0.39, 0.29) is 5.91 Å². The molecule has 1 aliphatic heterocycles. The van der Waals surface area contributed by atoms with Crippen LogP contribution in [0.2, 0.25) is 0 Å². The highest BCUT2D eigenvalue weighted by molar-refractivity contribution is 5.76. The second kappa shape index (κ2) is 7.29. The number of rotatable bonds is 6. The number of carbonyl (C=O) groups is 1. The van der Waals surface area contributed by atoms with Crippen molar-refractivity contribution in [1.29, 1.82) is 0 Å². The molecule has 0 bridgehead atoms. The summed E-state index contributed by atoms with van der Waals surface area (Å²) in [4.78, 5) is 13.8. The van der Waals surface area contributed by atoms with E-state index in [1.54, 1.807) is 4.90 Å². The van der Waals surface area contributed by atoms with Crippen molar-refractivity contribution in [3.8, 4) is 5.75 Å². The second-order valence-corrected chi connectivity index (χ2v) is 5.54. The van der Waals surface area contributed by atoms with Crippen molar-refractivity contribution in [1.82, 2.24) is 10.2 Å². The van der Waals surface area contributed by atoms with Crippen molar-refractivity contribution in [3.05, 3.63) is 29.8 Å². The molecule has 1 N–H and O–H groups in total. The van der Waals surface area contributed by atoms with Gasteiger partial charge < -0.3 is 15.0 Å². The lowest BCUT2D eigenvalue weighted by atomic mass is 10.0. The van der Waals surface area contributed by atoms with Crippen LogP contribution in [-0.2, 0) is 4.79 Å². The molecule has 4 heteroatoms. The zero-order valence-corrected chi connectivity index (χ0v) is 12.4. The molecule has 0 aliphatic carbocycles. The highest BCUT2D eigenvalue weighted by Crippen LogP contribution is 2.14. The number of aryl methyl sites for hydroxylation is 1. The van der Waals surface area contributed by atoms with Gasteiger partial charge >= 0.3 is 0 Å². The minimum Gasteiger partial charge on any atom is -0.492 e. The molecule has 1 saturated heterocycles. The summed E-state index contributed by atoms with van der Waals surface area (Å²) in [5.74, 6) is 1.57. The minimum atomic E-state index is 0.214. The number of benzene rings is 1. The van der Waals surface area contributed by atoms with E-state index < -0.39 is 0 Å². The van der Waals surface area contributed by atoms with Crippen molar-refractivity contribution < 1.29 is 9.53 Å². The molecule has 110 valence electrons. The third kappa shape index (κ3) is 4.53. The van der Waals surface area contributed by atoms with Crippen molar-refractivity contribution in [2.75, 3.05) is 33.3 Å². The Labute approximate surface area is 121 Å². The van der Waals surface area contributed by atoms with E-state index in [2.05, 4.69) is 5.32 Å². The summed E-state index contributed by atoms with van der Waals surface area (Å²) >= 11 is 0. The predicted molar refractivity (Wildman–Crippen MR) is 79.9 cm³/mol.